The van der Waals surface area contributed by atoms with Crippen molar-refractivity contribution >= 4 is 29.2 Å². The maximum atomic E-state index is 13.6. The summed E-state index contributed by atoms with van der Waals surface area (Å²) in [5.74, 6) is -1.45. The molecule has 0 spiro atoms. The maximum absolute atomic E-state index is 13.6. The number of nitrogens with zero attached hydrogens (tertiary/aromatic N) is 1. The van der Waals surface area contributed by atoms with Crippen LogP contribution < -0.4 is 4.74 Å². The van der Waals surface area contributed by atoms with E-state index in [1.165, 1.54) is 42.5 Å². The molecule has 0 aliphatic heterocycles. The fraction of sp³-hybridized carbons (Fsp3) is 0.0833. The monoisotopic (exact) mass is 507 g/mol. The van der Waals surface area contributed by atoms with Gasteiger partial charge in [-0.1, -0.05) is 35.3 Å². The SMILES string of the molecule is COc1ccc(-c2oc(-c3cccc(C(=O)O)c3)nc2-c2ccc(Cl)c(Cl)c2)cc1C(F)(F)F. The van der Waals surface area contributed by atoms with Crippen molar-refractivity contribution in [3.8, 4) is 39.8 Å². The Morgan fingerprint density at radius 1 is 0.971 bits per heavy atom. The fourth-order valence-corrected chi connectivity index (χ4v) is 3.63. The lowest BCUT2D eigenvalue weighted by Gasteiger charge is -2.13. The maximum Gasteiger partial charge on any atom is 0.419 e. The van der Waals surface area contributed by atoms with Crippen molar-refractivity contribution < 1.29 is 32.2 Å². The van der Waals surface area contributed by atoms with Gasteiger partial charge in [-0.25, -0.2) is 9.78 Å². The average Bonchev–Trinajstić information content (AvgIpc) is 3.25. The topological polar surface area (TPSA) is 72.6 Å². The molecular weight excluding hydrogens is 494 g/mol. The van der Waals surface area contributed by atoms with E-state index in [-0.39, 0.29) is 44.3 Å². The first kappa shape index (κ1) is 23.7. The van der Waals surface area contributed by atoms with Crippen molar-refractivity contribution in [2.45, 2.75) is 6.18 Å². The summed E-state index contributed by atoms with van der Waals surface area (Å²) in [6.07, 6.45) is -4.68. The van der Waals surface area contributed by atoms with Gasteiger partial charge in [0.05, 0.1) is 28.3 Å². The third kappa shape index (κ3) is 4.60. The predicted molar refractivity (Wildman–Crippen MR) is 121 cm³/mol. The van der Waals surface area contributed by atoms with Crippen molar-refractivity contribution in [3.63, 3.8) is 0 Å². The summed E-state index contributed by atoms with van der Waals surface area (Å²) < 4.78 is 51.6. The summed E-state index contributed by atoms with van der Waals surface area (Å²) in [5.41, 5.74) is 0.0701. The van der Waals surface area contributed by atoms with E-state index in [1.807, 2.05) is 0 Å². The minimum atomic E-state index is -4.68. The molecule has 10 heteroatoms. The van der Waals surface area contributed by atoms with Gasteiger partial charge in [-0.2, -0.15) is 13.2 Å². The third-order valence-electron chi connectivity index (χ3n) is 4.94. The highest BCUT2D eigenvalue weighted by molar-refractivity contribution is 6.42. The summed E-state index contributed by atoms with van der Waals surface area (Å²) in [5, 5.41) is 9.79. The van der Waals surface area contributed by atoms with Crippen molar-refractivity contribution in [2.24, 2.45) is 0 Å². The van der Waals surface area contributed by atoms with Gasteiger partial charge in [0.15, 0.2) is 5.76 Å². The molecule has 1 N–H and O–H groups in total. The van der Waals surface area contributed by atoms with Crippen LogP contribution in [0.15, 0.2) is 65.1 Å². The quantitative estimate of drug-likeness (QED) is 0.299. The number of carboxylic acid groups (broad SMARTS) is 1. The van der Waals surface area contributed by atoms with Crippen LogP contribution in [0, 0.1) is 0 Å². The zero-order valence-electron chi connectivity index (χ0n) is 17.3. The molecule has 0 unspecified atom stereocenters. The van der Waals surface area contributed by atoms with Crippen LogP contribution in [0.2, 0.25) is 10.0 Å². The molecular formula is C24H14Cl2F3NO4. The fourth-order valence-electron chi connectivity index (χ4n) is 3.33. The van der Waals surface area contributed by atoms with Crippen LogP contribution in [-0.2, 0) is 6.18 Å². The molecule has 0 aliphatic rings. The molecule has 0 saturated heterocycles. The van der Waals surface area contributed by atoms with Gasteiger partial charge in [-0.3, -0.25) is 0 Å². The highest BCUT2D eigenvalue weighted by Crippen LogP contribution is 2.42. The zero-order valence-corrected chi connectivity index (χ0v) is 18.8. The van der Waals surface area contributed by atoms with E-state index in [2.05, 4.69) is 4.98 Å². The number of carbonyl (C=O) groups is 1. The number of hydrogen-bond acceptors (Lipinski definition) is 4. The molecule has 1 heterocycles. The van der Waals surface area contributed by atoms with Gasteiger partial charge in [-0.15, -0.1) is 0 Å². The van der Waals surface area contributed by atoms with Gasteiger partial charge in [0.2, 0.25) is 5.89 Å². The van der Waals surface area contributed by atoms with E-state index in [0.29, 0.717) is 11.1 Å². The van der Waals surface area contributed by atoms with Gasteiger partial charge in [0, 0.05) is 16.7 Å². The molecule has 0 saturated carbocycles. The summed E-state index contributed by atoms with van der Waals surface area (Å²) in [4.78, 5) is 15.8. The smallest absolute Gasteiger partial charge is 0.419 e. The Morgan fingerprint density at radius 2 is 1.71 bits per heavy atom. The standard InChI is InChI=1S/C24H14Cl2F3NO4/c1-33-19-8-6-13(10-16(19)24(27,28)29)21-20(12-5-7-17(25)18(26)11-12)30-22(34-21)14-3-2-4-15(9-14)23(31)32/h2-11H,1H3,(H,31,32). The number of rotatable bonds is 5. The Kier molecular flexibility index (Phi) is 6.29. The highest BCUT2D eigenvalue weighted by Gasteiger charge is 2.35. The highest BCUT2D eigenvalue weighted by atomic mass is 35.5. The Hall–Kier alpha value is -3.49. The van der Waals surface area contributed by atoms with E-state index in [9.17, 15) is 23.1 Å². The van der Waals surface area contributed by atoms with Crippen LogP contribution in [-0.4, -0.2) is 23.2 Å². The molecule has 0 fully saturated rings. The number of oxazole rings is 1. The van der Waals surface area contributed by atoms with E-state index < -0.39 is 17.7 Å². The lowest BCUT2D eigenvalue weighted by Crippen LogP contribution is -2.07. The second-order valence-electron chi connectivity index (χ2n) is 7.12. The minimum absolute atomic E-state index is 0.00265. The Balaban J connectivity index is 1.95. The molecule has 4 aromatic rings. The van der Waals surface area contributed by atoms with Crippen LogP contribution >= 0.6 is 23.2 Å². The molecule has 0 bridgehead atoms. The van der Waals surface area contributed by atoms with Crippen molar-refractivity contribution in [1.82, 2.24) is 4.98 Å². The first-order valence-corrected chi connectivity index (χ1v) is 10.4. The van der Waals surface area contributed by atoms with E-state index in [4.69, 9.17) is 32.4 Å². The first-order chi connectivity index (χ1) is 16.1. The lowest BCUT2D eigenvalue weighted by molar-refractivity contribution is -0.138. The van der Waals surface area contributed by atoms with Gasteiger partial charge < -0.3 is 14.3 Å². The van der Waals surface area contributed by atoms with Gasteiger partial charge in [-0.05, 0) is 48.5 Å². The molecule has 34 heavy (non-hydrogen) atoms. The number of methoxy groups -OCH3 is 1. The van der Waals surface area contributed by atoms with E-state index in [0.717, 1.165) is 13.2 Å². The van der Waals surface area contributed by atoms with E-state index >= 15 is 0 Å². The second-order valence-corrected chi connectivity index (χ2v) is 7.94. The van der Waals surface area contributed by atoms with Gasteiger partial charge >= 0.3 is 12.1 Å². The normalized spacial score (nSPS) is 11.5. The number of ether oxygens (including phenoxy) is 1. The second kappa shape index (κ2) is 9.04. The zero-order chi connectivity index (χ0) is 24.6. The Bertz CT molecular complexity index is 1400. The van der Waals surface area contributed by atoms with Crippen LogP contribution in [0.3, 0.4) is 0 Å². The molecule has 3 aromatic carbocycles. The van der Waals surface area contributed by atoms with Crippen molar-refractivity contribution in [2.75, 3.05) is 7.11 Å². The van der Waals surface area contributed by atoms with Crippen molar-refractivity contribution in [3.05, 3.63) is 81.8 Å². The number of alkyl halides is 3. The molecule has 0 aliphatic carbocycles. The number of carboxylic acids is 1. The summed E-state index contributed by atoms with van der Waals surface area (Å²) in [6.45, 7) is 0. The number of halogens is 5. The largest absolute Gasteiger partial charge is 0.496 e. The number of aromatic carboxylic acids is 1. The lowest BCUT2D eigenvalue weighted by atomic mass is 10.0. The molecule has 4 rings (SSSR count). The van der Waals surface area contributed by atoms with Crippen LogP contribution in [0.25, 0.3) is 34.0 Å². The minimum Gasteiger partial charge on any atom is -0.496 e. The predicted octanol–water partition coefficient (Wildman–Crippen LogP) is 7.71. The van der Waals surface area contributed by atoms with Crippen LogP contribution in [0.1, 0.15) is 15.9 Å². The third-order valence-corrected chi connectivity index (χ3v) is 5.68. The summed E-state index contributed by atoms with van der Waals surface area (Å²) in [6, 6.07) is 14.0. The molecule has 0 radical (unpaired) electrons. The summed E-state index contributed by atoms with van der Waals surface area (Å²) >= 11 is 12.2. The Morgan fingerprint density at radius 3 is 2.35 bits per heavy atom. The number of benzene rings is 3. The first-order valence-electron chi connectivity index (χ1n) is 9.64. The van der Waals surface area contributed by atoms with Crippen LogP contribution in [0.4, 0.5) is 13.2 Å². The molecule has 1 aromatic heterocycles. The molecule has 5 nitrogen and oxygen atoms in total. The molecule has 0 amide bonds. The summed E-state index contributed by atoms with van der Waals surface area (Å²) in [7, 11) is 1.15. The van der Waals surface area contributed by atoms with Gasteiger partial charge in [0.25, 0.3) is 0 Å². The average molecular weight is 508 g/mol. The number of aromatic nitrogens is 1. The Labute approximate surface area is 201 Å². The number of hydrogen-bond donors (Lipinski definition) is 1. The molecule has 174 valence electrons. The van der Waals surface area contributed by atoms with Crippen LogP contribution in [0.5, 0.6) is 5.75 Å². The molecule has 0 atom stereocenters. The van der Waals surface area contributed by atoms with Crippen molar-refractivity contribution in [1.29, 1.82) is 0 Å². The van der Waals surface area contributed by atoms with Gasteiger partial charge in [0.1, 0.15) is 11.4 Å². The van der Waals surface area contributed by atoms with E-state index in [1.54, 1.807) is 12.1 Å².